The summed E-state index contributed by atoms with van der Waals surface area (Å²) in [6.45, 7) is 16.6. The zero-order chi connectivity index (χ0) is 81.3. The molecule has 0 unspecified atom stereocenters. The highest BCUT2D eigenvalue weighted by Gasteiger charge is 2.39. The standard InChI is InChI=1S/C42H36N2O4.C27H22N2O5.C27H22N2O4/c1-6-42(4,5)27-18-21-32(25(3)22-27)48-33-23-31(43-28-19-16-24(2)17-20-28)35-36-34(29-14-10-11-15-30(29)40(35)46)37(41(47)44-38(33)36)39(45)26-12-8-7-9-13-26;1-14-9-11-15(12-10-14)28-18-13-19(33-3)24-22-20(23(27(32)34-4)26(31)29(24)2)16-7-5-6-8-17(16)25(30)21(18)22;1-14-9-10-18(15(2)13-14)28-19-11-12-20-23-21(24(27(32)33-4)26(31)29(20)3)16-7-5-6-8-17(16)25(30)22(19)23/h7-23,43H,6H2,1-5H3,(H,44,47);5-13,28H,1-4H3;5-13,28H,1-4H3. The number of rotatable bonds is 15. The van der Waals surface area contributed by atoms with Gasteiger partial charge >= 0.3 is 11.9 Å². The van der Waals surface area contributed by atoms with Crippen molar-refractivity contribution in [2.24, 2.45) is 14.1 Å². The molecule has 3 aliphatic carbocycles. The Kier molecular flexibility index (Phi) is 19.9. The number of pyridine rings is 3. The highest BCUT2D eigenvalue weighted by atomic mass is 16.5. The SMILES string of the molecule is CCC(C)(C)c1ccc(Oc2cc(Nc3ccc(C)cc3)c3c4c(c(C(=O)c5ccccc5)c(=O)[nH]c24)-c2ccccc2C3=O)c(C)c1.COC(=O)c1c2c3c(c(Nc4ccc(C)cc4)cc(OC)c3n(C)c1=O)C(=O)c1ccccc1-2.COC(=O)c1c2c3c(c(Nc4ccc(C)cc4C)ccc3n(C)c1=O)C(=O)c1ccccc1-2. The van der Waals surface area contributed by atoms with E-state index in [0.717, 1.165) is 51.3 Å². The molecule has 0 radical (unpaired) electrons. The Balaban J connectivity index is 0.000000139. The quantitative estimate of drug-likeness (QED) is 0.0550. The average Bonchev–Trinajstić information content (AvgIpc) is 0.737. The number of aromatic nitrogens is 3. The smallest absolute Gasteiger partial charge is 0.344 e. The first-order valence-corrected chi connectivity index (χ1v) is 37.5. The first kappa shape index (κ1) is 76.1. The molecule has 3 aliphatic rings. The predicted octanol–water partition coefficient (Wildman–Crippen LogP) is 19.3. The van der Waals surface area contributed by atoms with Crippen LogP contribution in [0.5, 0.6) is 17.2 Å². The summed E-state index contributed by atoms with van der Waals surface area (Å²) in [6, 6.07) is 64.8. The van der Waals surface area contributed by atoms with E-state index in [1.54, 1.807) is 123 Å². The highest BCUT2D eigenvalue weighted by molar-refractivity contribution is 6.34. The van der Waals surface area contributed by atoms with E-state index in [0.29, 0.717) is 139 Å². The summed E-state index contributed by atoms with van der Waals surface area (Å²) in [5, 5.41) is 11.7. The molecule has 3 heterocycles. The molecule has 4 N–H and O–H groups in total. The molecular formula is C96H80N6O13. The van der Waals surface area contributed by atoms with E-state index >= 15 is 0 Å². The average molecular weight is 1530 g/mol. The third-order valence-electron chi connectivity index (χ3n) is 22.1. The van der Waals surface area contributed by atoms with Crippen LogP contribution in [0, 0.1) is 34.6 Å². The second-order valence-electron chi connectivity index (χ2n) is 29.6. The molecule has 0 fully saturated rings. The number of fused-ring (bicyclic) bond motifs is 6. The highest BCUT2D eigenvalue weighted by Crippen LogP contribution is 2.51. The van der Waals surface area contributed by atoms with Gasteiger partial charge in [0, 0.05) is 98.4 Å². The van der Waals surface area contributed by atoms with Crippen molar-refractivity contribution in [1.29, 1.82) is 0 Å². The minimum Gasteiger partial charge on any atom is -0.494 e. The molecule has 0 spiro atoms. The summed E-state index contributed by atoms with van der Waals surface area (Å²) in [4.78, 5) is 125. The zero-order valence-electron chi connectivity index (χ0n) is 65.6. The van der Waals surface area contributed by atoms with E-state index < -0.39 is 34.4 Å². The molecule has 19 nitrogen and oxygen atoms in total. The molecule has 0 atom stereocenters. The summed E-state index contributed by atoms with van der Waals surface area (Å²) in [5.41, 5.74) is 15.9. The van der Waals surface area contributed by atoms with Crippen molar-refractivity contribution in [2.45, 2.75) is 67.2 Å². The van der Waals surface area contributed by atoms with E-state index in [4.69, 9.17) is 18.9 Å². The number of esters is 2. The van der Waals surface area contributed by atoms with Crippen LogP contribution in [-0.4, -0.2) is 70.5 Å². The largest absolute Gasteiger partial charge is 0.494 e. The Morgan fingerprint density at radius 1 is 0.417 bits per heavy atom. The maximum absolute atomic E-state index is 14.4. The summed E-state index contributed by atoms with van der Waals surface area (Å²) in [6.07, 6.45) is 0.982. The number of aryl methyl sites for hydroxylation is 7. The second-order valence-corrected chi connectivity index (χ2v) is 29.6. The fourth-order valence-electron chi connectivity index (χ4n) is 15.7. The van der Waals surface area contributed by atoms with Gasteiger partial charge in [-0.1, -0.05) is 189 Å². The molecule has 115 heavy (non-hydrogen) atoms. The number of methoxy groups -OCH3 is 3. The lowest BCUT2D eigenvalue weighted by Crippen LogP contribution is -2.29. The number of carbonyl (C=O) groups excluding carboxylic acids is 6. The number of nitrogens with one attached hydrogen (secondary N) is 4. The van der Waals surface area contributed by atoms with Crippen molar-refractivity contribution in [3.05, 3.63) is 332 Å². The van der Waals surface area contributed by atoms with Gasteiger partial charge in [-0.2, -0.15) is 0 Å². The number of nitrogens with zero attached hydrogens (tertiary/aromatic N) is 2. The van der Waals surface area contributed by atoms with Crippen molar-refractivity contribution in [3.63, 3.8) is 0 Å². The topological polar surface area (TPSA) is 252 Å². The van der Waals surface area contributed by atoms with Gasteiger partial charge in [-0.05, 0) is 128 Å². The van der Waals surface area contributed by atoms with Crippen LogP contribution in [0.2, 0.25) is 0 Å². The molecule has 14 aromatic rings. The van der Waals surface area contributed by atoms with Crippen LogP contribution < -0.4 is 42.1 Å². The van der Waals surface area contributed by atoms with Gasteiger partial charge in [0.05, 0.1) is 77.2 Å². The van der Waals surface area contributed by atoms with Gasteiger partial charge in [-0.3, -0.25) is 33.6 Å². The van der Waals surface area contributed by atoms with Gasteiger partial charge < -0.3 is 49.0 Å². The maximum Gasteiger partial charge on any atom is 0.344 e. The molecule has 0 saturated carbocycles. The van der Waals surface area contributed by atoms with E-state index in [1.165, 1.54) is 36.0 Å². The van der Waals surface area contributed by atoms with Crippen molar-refractivity contribution in [3.8, 4) is 50.6 Å². The van der Waals surface area contributed by atoms with Gasteiger partial charge in [0.25, 0.3) is 16.7 Å². The maximum atomic E-state index is 14.4. The van der Waals surface area contributed by atoms with E-state index in [9.17, 15) is 43.2 Å². The normalized spacial score (nSPS) is 12.0. The Labute approximate surface area is 661 Å². The number of ketones is 4. The minimum atomic E-state index is -0.761. The molecule has 19 heteroatoms. The molecule has 17 rings (SSSR count). The van der Waals surface area contributed by atoms with Crippen LogP contribution in [0.15, 0.2) is 227 Å². The number of benzene rings is 11. The lowest BCUT2D eigenvalue weighted by atomic mass is 9.80. The van der Waals surface area contributed by atoms with E-state index in [1.807, 2.05) is 120 Å². The Morgan fingerprint density at radius 3 is 1.38 bits per heavy atom. The Morgan fingerprint density at radius 2 is 0.878 bits per heavy atom. The van der Waals surface area contributed by atoms with E-state index in [-0.39, 0.29) is 39.5 Å². The van der Waals surface area contributed by atoms with Crippen molar-refractivity contribution < 1.29 is 47.7 Å². The van der Waals surface area contributed by atoms with Crippen LogP contribution in [0.3, 0.4) is 0 Å². The van der Waals surface area contributed by atoms with Gasteiger partial charge in [0.2, 0.25) is 0 Å². The van der Waals surface area contributed by atoms with Crippen LogP contribution in [0.25, 0.3) is 66.1 Å². The third kappa shape index (κ3) is 13.2. The molecule has 11 aromatic carbocycles. The van der Waals surface area contributed by atoms with Gasteiger partial charge in [0.15, 0.2) is 28.9 Å². The summed E-state index contributed by atoms with van der Waals surface area (Å²) < 4.78 is 25.0. The summed E-state index contributed by atoms with van der Waals surface area (Å²) >= 11 is 0. The molecule has 0 aliphatic heterocycles. The van der Waals surface area contributed by atoms with Crippen LogP contribution in [0.4, 0.5) is 34.1 Å². The van der Waals surface area contributed by atoms with Crippen molar-refractivity contribution in [2.75, 3.05) is 37.3 Å². The predicted molar refractivity (Wildman–Crippen MR) is 451 cm³/mol. The molecule has 0 bridgehead atoms. The number of carbonyl (C=O) groups is 6. The number of H-pyrrole nitrogens is 1. The van der Waals surface area contributed by atoms with Crippen LogP contribution in [0.1, 0.15) is 145 Å². The van der Waals surface area contributed by atoms with Crippen LogP contribution in [-0.2, 0) is 29.0 Å². The van der Waals surface area contributed by atoms with Gasteiger partial charge in [-0.25, -0.2) is 9.59 Å². The van der Waals surface area contributed by atoms with Gasteiger partial charge in [0.1, 0.15) is 22.6 Å². The zero-order valence-corrected chi connectivity index (χ0v) is 65.6. The number of anilines is 6. The summed E-state index contributed by atoms with van der Waals surface area (Å²) in [7, 11) is 7.13. The first-order valence-electron chi connectivity index (χ1n) is 37.5. The Bertz CT molecular complexity index is 6710. The van der Waals surface area contributed by atoms with Crippen molar-refractivity contribution in [1.82, 2.24) is 14.1 Å². The Hall–Kier alpha value is -14.3. The molecule has 572 valence electrons. The lowest BCUT2D eigenvalue weighted by molar-refractivity contribution is 0.0590. The first-order chi connectivity index (χ1) is 55.3. The minimum absolute atomic E-state index is 0.00462. The summed E-state index contributed by atoms with van der Waals surface area (Å²) in [5.74, 6) is -1.11. The second kappa shape index (κ2) is 30.1. The fourth-order valence-corrected chi connectivity index (χ4v) is 15.7. The number of aromatic amines is 1. The molecule has 0 saturated heterocycles. The van der Waals surface area contributed by atoms with Crippen molar-refractivity contribution >= 4 is 102 Å². The van der Waals surface area contributed by atoms with E-state index in [2.05, 4.69) is 59.9 Å². The number of ether oxygens (including phenoxy) is 4. The monoisotopic (exact) mass is 1520 g/mol. The third-order valence-corrected chi connectivity index (χ3v) is 22.1. The molecular weight excluding hydrogens is 1450 g/mol. The number of hydrogen-bond donors (Lipinski definition) is 4. The lowest BCUT2D eigenvalue weighted by Gasteiger charge is -2.26. The van der Waals surface area contributed by atoms with Gasteiger partial charge in [-0.15, -0.1) is 0 Å². The number of hydrogen-bond acceptors (Lipinski definition) is 16. The molecule has 3 aromatic heterocycles. The fraction of sp³-hybridized carbons (Fsp3) is 0.156. The molecule has 0 amide bonds. The van der Waals surface area contributed by atoms with Crippen LogP contribution >= 0.6 is 0 Å².